The number of ether oxygens (including phenoxy) is 1. The zero-order valence-electron chi connectivity index (χ0n) is 10.1. The fraction of sp³-hybridized carbons (Fsp3) is 0.133. The second-order valence-electron chi connectivity index (χ2n) is 3.77. The maximum absolute atomic E-state index is 11.0. The monoisotopic (exact) mass is 258 g/mol. The zero-order chi connectivity index (χ0) is 12.8. The largest absolute Gasteiger partial charge is 0.496 e. The van der Waals surface area contributed by atoms with E-state index in [4.69, 9.17) is 4.74 Å². The summed E-state index contributed by atoms with van der Waals surface area (Å²) >= 11 is 1.62. The van der Waals surface area contributed by atoms with Crippen molar-refractivity contribution >= 4 is 18.0 Å². The van der Waals surface area contributed by atoms with Crippen LogP contribution >= 0.6 is 11.8 Å². The highest BCUT2D eigenvalue weighted by atomic mass is 32.2. The molecule has 0 bridgehead atoms. The molecule has 18 heavy (non-hydrogen) atoms. The Morgan fingerprint density at radius 2 is 1.89 bits per heavy atom. The fourth-order valence-corrected chi connectivity index (χ4v) is 2.75. The number of aldehydes is 1. The van der Waals surface area contributed by atoms with Crippen LogP contribution in [0.4, 0.5) is 0 Å². The maximum Gasteiger partial charge on any atom is 0.151 e. The summed E-state index contributed by atoms with van der Waals surface area (Å²) in [7, 11) is 1.62. The first kappa shape index (κ1) is 12.7. The number of methoxy groups -OCH3 is 1. The van der Waals surface area contributed by atoms with Crippen molar-refractivity contribution in [3.8, 4) is 5.75 Å². The van der Waals surface area contributed by atoms with Crippen LogP contribution in [0.2, 0.25) is 0 Å². The van der Waals surface area contributed by atoms with E-state index in [-0.39, 0.29) is 0 Å². The third-order valence-electron chi connectivity index (χ3n) is 2.58. The van der Waals surface area contributed by atoms with Gasteiger partial charge in [-0.05, 0) is 11.6 Å². The van der Waals surface area contributed by atoms with E-state index in [0.717, 1.165) is 22.7 Å². The number of hydrogen-bond donors (Lipinski definition) is 0. The number of benzene rings is 2. The Hall–Kier alpha value is -1.74. The van der Waals surface area contributed by atoms with Gasteiger partial charge in [0, 0.05) is 11.3 Å². The van der Waals surface area contributed by atoms with E-state index in [1.54, 1.807) is 18.9 Å². The van der Waals surface area contributed by atoms with Gasteiger partial charge in [0.2, 0.25) is 0 Å². The van der Waals surface area contributed by atoms with Crippen LogP contribution in [0.25, 0.3) is 0 Å². The fourth-order valence-electron chi connectivity index (χ4n) is 1.67. The van der Waals surface area contributed by atoms with Gasteiger partial charge >= 0.3 is 0 Å². The molecule has 0 atom stereocenters. The molecule has 3 heteroatoms. The van der Waals surface area contributed by atoms with Crippen LogP contribution < -0.4 is 4.74 Å². The highest BCUT2D eigenvalue weighted by Gasteiger charge is 2.09. The van der Waals surface area contributed by atoms with Gasteiger partial charge < -0.3 is 4.74 Å². The summed E-state index contributed by atoms with van der Waals surface area (Å²) in [4.78, 5) is 11.9. The Bertz CT molecular complexity index is 523. The first-order chi connectivity index (χ1) is 8.85. The number of carbonyl (C=O) groups is 1. The molecular formula is C15H14O2S. The van der Waals surface area contributed by atoms with Crippen LogP contribution in [-0.2, 0) is 5.75 Å². The molecule has 0 aliphatic carbocycles. The summed E-state index contributed by atoms with van der Waals surface area (Å²) in [5.74, 6) is 1.57. The minimum atomic E-state index is 0.676. The summed E-state index contributed by atoms with van der Waals surface area (Å²) < 4.78 is 5.30. The number of thioether (sulfide) groups is 1. The Morgan fingerprint density at radius 3 is 2.56 bits per heavy atom. The molecule has 0 saturated carbocycles. The lowest BCUT2D eigenvalue weighted by molar-refractivity contribution is 0.112. The van der Waals surface area contributed by atoms with Crippen LogP contribution in [0.5, 0.6) is 5.75 Å². The van der Waals surface area contributed by atoms with Gasteiger partial charge in [-0.15, -0.1) is 11.8 Å². The standard InChI is InChI=1S/C15H14O2S/c1-17-14-9-5-8-13(10-16)15(14)18-11-12-6-3-2-4-7-12/h2-10H,11H2,1H3. The molecule has 0 aromatic heterocycles. The van der Waals surface area contributed by atoms with Crippen LogP contribution in [0.15, 0.2) is 53.4 Å². The van der Waals surface area contributed by atoms with Crippen LogP contribution in [0.1, 0.15) is 15.9 Å². The predicted molar refractivity (Wildman–Crippen MR) is 74.4 cm³/mol. The second-order valence-corrected chi connectivity index (χ2v) is 4.76. The van der Waals surface area contributed by atoms with Gasteiger partial charge in [0.15, 0.2) is 6.29 Å². The van der Waals surface area contributed by atoms with Gasteiger partial charge in [0.25, 0.3) is 0 Å². The molecule has 2 rings (SSSR count). The zero-order valence-corrected chi connectivity index (χ0v) is 10.9. The number of carbonyl (C=O) groups excluding carboxylic acids is 1. The van der Waals surface area contributed by atoms with Crippen molar-refractivity contribution in [2.24, 2.45) is 0 Å². The predicted octanol–water partition coefficient (Wildman–Crippen LogP) is 3.80. The first-order valence-electron chi connectivity index (χ1n) is 5.64. The molecule has 0 unspecified atom stereocenters. The van der Waals surface area contributed by atoms with E-state index in [1.165, 1.54) is 5.56 Å². The Labute approximate surface area is 111 Å². The smallest absolute Gasteiger partial charge is 0.151 e. The molecule has 0 amide bonds. The lowest BCUT2D eigenvalue weighted by atomic mass is 10.2. The van der Waals surface area contributed by atoms with Crippen LogP contribution in [0.3, 0.4) is 0 Å². The van der Waals surface area contributed by atoms with E-state index >= 15 is 0 Å². The topological polar surface area (TPSA) is 26.3 Å². The average molecular weight is 258 g/mol. The van der Waals surface area contributed by atoms with Gasteiger partial charge in [-0.1, -0.05) is 42.5 Å². The maximum atomic E-state index is 11.0. The van der Waals surface area contributed by atoms with Gasteiger partial charge in [-0.25, -0.2) is 0 Å². The van der Waals surface area contributed by atoms with E-state index in [1.807, 2.05) is 36.4 Å². The Balaban J connectivity index is 2.20. The molecule has 0 aliphatic rings. The number of rotatable bonds is 5. The highest BCUT2D eigenvalue weighted by Crippen LogP contribution is 2.33. The van der Waals surface area contributed by atoms with E-state index < -0.39 is 0 Å². The molecule has 0 spiro atoms. The molecule has 0 radical (unpaired) electrons. The average Bonchev–Trinajstić information content (AvgIpc) is 2.45. The van der Waals surface area contributed by atoms with Crippen molar-refractivity contribution < 1.29 is 9.53 Å². The lowest BCUT2D eigenvalue weighted by Crippen LogP contribution is -1.92. The summed E-state index contributed by atoms with van der Waals surface area (Å²) in [6.45, 7) is 0. The van der Waals surface area contributed by atoms with Crippen molar-refractivity contribution in [1.82, 2.24) is 0 Å². The molecule has 2 aromatic carbocycles. The molecule has 92 valence electrons. The van der Waals surface area contributed by atoms with Gasteiger partial charge in [0.1, 0.15) is 5.75 Å². The summed E-state index contributed by atoms with van der Waals surface area (Å²) in [6.07, 6.45) is 0.871. The van der Waals surface area contributed by atoms with Crippen molar-refractivity contribution in [2.75, 3.05) is 7.11 Å². The van der Waals surface area contributed by atoms with Crippen molar-refractivity contribution in [3.63, 3.8) is 0 Å². The van der Waals surface area contributed by atoms with Gasteiger partial charge in [-0.2, -0.15) is 0 Å². The minimum Gasteiger partial charge on any atom is -0.496 e. The quantitative estimate of drug-likeness (QED) is 0.602. The molecule has 0 aliphatic heterocycles. The minimum absolute atomic E-state index is 0.676. The highest BCUT2D eigenvalue weighted by molar-refractivity contribution is 7.98. The van der Waals surface area contributed by atoms with Gasteiger partial charge in [0.05, 0.1) is 12.0 Å². The van der Waals surface area contributed by atoms with Crippen LogP contribution in [-0.4, -0.2) is 13.4 Å². The van der Waals surface area contributed by atoms with E-state index in [0.29, 0.717) is 5.56 Å². The summed E-state index contributed by atoms with van der Waals surface area (Å²) in [5.41, 5.74) is 1.90. The molecule has 0 heterocycles. The van der Waals surface area contributed by atoms with Crippen molar-refractivity contribution in [2.45, 2.75) is 10.6 Å². The van der Waals surface area contributed by atoms with Crippen molar-refractivity contribution in [3.05, 3.63) is 59.7 Å². The van der Waals surface area contributed by atoms with Gasteiger partial charge in [-0.3, -0.25) is 4.79 Å². The van der Waals surface area contributed by atoms with E-state index in [9.17, 15) is 4.79 Å². The Kier molecular flexibility index (Phi) is 4.42. The lowest BCUT2D eigenvalue weighted by Gasteiger charge is -2.10. The third kappa shape index (κ3) is 2.93. The normalized spacial score (nSPS) is 10.1. The SMILES string of the molecule is COc1cccc(C=O)c1SCc1ccccc1. The third-order valence-corrected chi connectivity index (χ3v) is 3.79. The first-order valence-corrected chi connectivity index (χ1v) is 6.62. The molecule has 2 nitrogen and oxygen atoms in total. The summed E-state index contributed by atoms with van der Waals surface area (Å²) in [5, 5.41) is 0. The molecular weight excluding hydrogens is 244 g/mol. The molecule has 0 N–H and O–H groups in total. The molecule has 0 fully saturated rings. The molecule has 0 saturated heterocycles. The number of hydrogen-bond acceptors (Lipinski definition) is 3. The van der Waals surface area contributed by atoms with E-state index in [2.05, 4.69) is 12.1 Å². The van der Waals surface area contributed by atoms with Crippen molar-refractivity contribution in [1.29, 1.82) is 0 Å². The second kappa shape index (κ2) is 6.26. The summed E-state index contributed by atoms with van der Waals surface area (Å²) in [6, 6.07) is 15.7. The Morgan fingerprint density at radius 1 is 1.11 bits per heavy atom. The molecule has 2 aromatic rings. The van der Waals surface area contributed by atoms with Crippen LogP contribution in [0, 0.1) is 0 Å².